The van der Waals surface area contributed by atoms with Gasteiger partial charge in [0.05, 0.1) is 0 Å². The Balaban J connectivity index is 1.75. The Morgan fingerprint density at radius 1 is 1.30 bits per heavy atom. The first-order chi connectivity index (χ1) is 9.69. The molecule has 2 fully saturated rings. The van der Waals surface area contributed by atoms with Crippen molar-refractivity contribution in [3.8, 4) is 0 Å². The number of hydrogen-bond acceptors (Lipinski definition) is 2. The Bertz CT molecular complexity index is 441. The van der Waals surface area contributed by atoms with Crippen molar-refractivity contribution in [3.05, 3.63) is 34.9 Å². The summed E-state index contributed by atoms with van der Waals surface area (Å²) in [5, 5.41) is 4.59. The second-order valence-corrected chi connectivity index (χ2v) is 6.77. The number of piperazine rings is 1. The lowest BCUT2D eigenvalue weighted by Gasteiger charge is -2.44. The van der Waals surface area contributed by atoms with Crippen molar-refractivity contribution in [2.24, 2.45) is 5.92 Å². The zero-order valence-corrected chi connectivity index (χ0v) is 13.2. The van der Waals surface area contributed by atoms with E-state index in [0.717, 1.165) is 17.5 Å². The second-order valence-electron chi connectivity index (χ2n) is 6.34. The van der Waals surface area contributed by atoms with E-state index in [9.17, 15) is 0 Å². The molecule has 2 aliphatic rings. The van der Waals surface area contributed by atoms with Gasteiger partial charge < -0.3 is 5.32 Å². The van der Waals surface area contributed by atoms with Crippen LogP contribution in [0.2, 0.25) is 5.02 Å². The molecule has 1 saturated carbocycles. The number of benzene rings is 1. The van der Waals surface area contributed by atoms with E-state index < -0.39 is 0 Å². The summed E-state index contributed by atoms with van der Waals surface area (Å²) in [4.78, 5) is 2.70. The molecule has 1 aromatic carbocycles. The van der Waals surface area contributed by atoms with Crippen LogP contribution in [0.1, 0.15) is 44.7 Å². The maximum Gasteiger partial charge on any atom is 0.0406 e. The maximum atomic E-state index is 6.01. The van der Waals surface area contributed by atoms with Crippen LogP contribution in [0.5, 0.6) is 0 Å². The van der Waals surface area contributed by atoms with Crippen LogP contribution in [0.25, 0.3) is 0 Å². The Morgan fingerprint density at radius 3 is 2.60 bits per heavy atom. The summed E-state index contributed by atoms with van der Waals surface area (Å²) in [6.45, 7) is 6.95. The summed E-state index contributed by atoms with van der Waals surface area (Å²) in [7, 11) is 0. The predicted molar refractivity (Wildman–Crippen MR) is 85.2 cm³/mol. The minimum atomic E-state index is 0.473. The van der Waals surface area contributed by atoms with Crippen molar-refractivity contribution in [2.45, 2.75) is 51.2 Å². The number of nitrogens with one attached hydrogen (secondary N) is 1. The smallest absolute Gasteiger partial charge is 0.0406 e. The lowest BCUT2D eigenvalue weighted by molar-refractivity contribution is 0.0803. The molecule has 1 aromatic rings. The molecule has 3 unspecified atom stereocenters. The predicted octanol–water partition coefficient (Wildman–Crippen LogP) is 3.86. The Kier molecular flexibility index (Phi) is 4.34. The molecular weight excluding hydrogens is 268 g/mol. The van der Waals surface area contributed by atoms with E-state index in [4.69, 9.17) is 11.6 Å². The summed E-state index contributed by atoms with van der Waals surface area (Å²) in [5.74, 6) is 0.924. The van der Waals surface area contributed by atoms with E-state index in [1.807, 2.05) is 12.1 Å². The summed E-state index contributed by atoms with van der Waals surface area (Å²) in [6.07, 6.45) is 4.04. The minimum Gasteiger partial charge on any atom is -0.311 e. The fourth-order valence-electron chi connectivity index (χ4n) is 3.45. The average Bonchev–Trinajstić information content (AvgIpc) is 3.31. The van der Waals surface area contributed by atoms with Gasteiger partial charge in [-0.05, 0) is 49.8 Å². The van der Waals surface area contributed by atoms with Gasteiger partial charge in [-0.2, -0.15) is 0 Å². The number of hydrogen-bond donors (Lipinski definition) is 1. The number of rotatable bonds is 4. The van der Waals surface area contributed by atoms with E-state index in [2.05, 4.69) is 36.2 Å². The van der Waals surface area contributed by atoms with Crippen LogP contribution in [0.15, 0.2) is 24.3 Å². The molecule has 1 saturated heterocycles. The van der Waals surface area contributed by atoms with Gasteiger partial charge in [0.2, 0.25) is 0 Å². The van der Waals surface area contributed by atoms with Crippen molar-refractivity contribution >= 4 is 11.6 Å². The Hall–Kier alpha value is -0.570. The van der Waals surface area contributed by atoms with E-state index in [1.54, 1.807) is 0 Å². The van der Waals surface area contributed by atoms with Crippen LogP contribution in [0, 0.1) is 5.92 Å². The lowest BCUT2D eigenvalue weighted by Crippen LogP contribution is -2.57. The third-order valence-electron chi connectivity index (χ3n) is 5.00. The molecule has 20 heavy (non-hydrogen) atoms. The normalized spacial score (nSPS) is 29.4. The van der Waals surface area contributed by atoms with Crippen LogP contribution in [-0.4, -0.2) is 30.1 Å². The Morgan fingerprint density at radius 2 is 2.00 bits per heavy atom. The SMILES string of the molecule is CCC1CNC(C2CC2)CN1C(C)c1ccc(Cl)cc1. The lowest BCUT2D eigenvalue weighted by atomic mass is 9.98. The molecule has 0 aromatic heterocycles. The van der Waals surface area contributed by atoms with Crippen LogP contribution in [0.3, 0.4) is 0 Å². The fraction of sp³-hybridized carbons (Fsp3) is 0.647. The molecule has 3 rings (SSSR count). The van der Waals surface area contributed by atoms with Gasteiger partial charge >= 0.3 is 0 Å². The van der Waals surface area contributed by atoms with Gasteiger partial charge in [-0.15, -0.1) is 0 Å². The molecule has 0 amide bonds. The topological polar surface area (TPSA) is 15.3 Å². The van der Waals surface area contributed by atoms with Crippen LogP contribution < -0.4 is 5.32 Å². The molecule has 110 valence electrons. The molecule has 1 N–H and O–H groups in total. The van der Waals surface area contributed by atoms with Gasteiger partial charge in [-0.25, -0.2) is 0 Å². The van der Waals surface area contributed by atoms with Crippen molar-refractivity contribution < 1.29 is 0 Å². The molecule has 0 spiro atoms. The first kappa shape index (κ1) is 14.4. The van der Waals surface area contributed by atoms with E-state index in [1.165, 1.54) is 31.4 Å². The molecule has 1 heterocycles. The maximum absolute atomic E-state index is 6.01. The van der Waals surface area contributed by atoms with Crippen molar-refractivity contribution in [1.29, 1.82) is 0 Å². The molecule has 0 bridgehead atoms. The standard InChI is InChI=1S/C17H25ClN2/c1-3-16-10-19-17(14-4-5-14)11-20(16)12(2)13-6-8-15(18)9-7-13/h6-9,12,14,16-17,19H,3-5,10-11H2,1-2H3. The highest BCUT2D eigenvalue weighted by molar-refractivity contribution is 6.30. The summed E-state index contributed by atoms with van der Waals surface area (Å²) in [6, 6.07) is 10.2. The van der Waals surface area contributed by atoms with Crippen LogP contribution in [-0.2, 0) is 0 Å². The molecule has 1 aliphatic carbocycles. The monoisotopic (exact) mass is 292 g/mol. The van der Waals surface area contributed by atoms with Gasteiger partial charge in [0.25, 0.3) is 0 Å². The van der Waals surface area contributed by atoms with E-state index >= 15 is 0 Å². The largest absolute Gasteiger partial charge is 0.311 e. The minimum absolute atomic E-state index is 0.473. The first-order valence-corrected chi connectivity index (χ1v) is 8.31. The van der Waals surface area contributed by atoms with Crippen molar-refractivity contribution in [1.82, 2.24) is 10.2 Å². The number of nitrogens with zero attached hydrogens (tertiary/aromatic N) is 1. The highest BCUT2D eigenvalue weighted by atomic mass is 35.5. The van der Waals surface area contributed by atoms with Gasteiger partial charge in [0.15, 0.2) is 0 Å². The van der Waals surface area contributed by atoms with Gasteiger partial charge in [0.1, 0.15) is 0 Å². The molecular formula is C17H25ClN2. The third-order valence-corrected chi connectivity index (χ3v) is 5.26. The Labute approximate surface area is 127 Å². The fourth-order valence-corrected chi connectivity index (χ4v) is 3.57. The van der Waals surface area contributed by atoms with Gasteiger partial charge in [0, 0.05) is 36.2 Å². The highest BCUT2D eigenvalue weighted by Crippen LogP contribution is 2.36. The number of halogens is 1. The third kappa shape index (κ3) is 3.03. The van der Waals surface area contributed by atoms with Crippen LogP contribution >= 0.6 is 11.6 Å². The van der Waals surface area contributed by atoms with Crippen LogP contribution in [0.4, 0.5) is 0 Å². The zero-order valence-electron chi connectivity index (χ0n) is 12.5. The average molecular weight is 293 g/mol. The van der Waals surface area contributed by atoms with E-state index in [0.29, 0.717) is 18.1 Å². The highest BCUT2D eigenvalue weighted by Gasteiger charge is 2.38. The first-order valence-electron chi connectivity index (χ1n) is 7.93. The summed E-state index contributed by atoms with van der Waals surface area (Å²) < 4.78 is 0. The summed E-state index contributed by atoms with van der Waals surface area (Å²) >= 11 is 6.01. The van der Waals surface area contributed by atoms with E-state index in [-0.39, 0.29) is 0 Å². The molecule has 3 heteroatoms. The molecule has 1 aliphatic heterocycles. The quantitative estimate of drug-likeness (QED) is 0.906. The zero-order chi connectivity index (χ0) is 14.1. The van der Waals surface area contributed by atoms with Gasteiger partial charge in [-0.1, -0.05) is 30.7 Å². The second kappa shape index (κ2) is 6.05. The molecule has 0 radical (unpaired) electrons. The van der Waals surface area contributed by atoms with Crippen molar-refractivity contribution in [2.75, 3.05) is 13.1 Å². The molecule has 3 atom stereocenters. The van der Waals surface area contributed by atoms with Gasteiger partial charge in [-0.3, -0.25) is 4.90 Å². The van der Waals surface area contributed by atoms with Crippen molar-refractivity contribution in [3.63, 3.8) is 0 Å². The molecule has 2 nitrogen and oxygen atoms in total. The summed E-state index contributed by atoms with van der Waals surface area (Å²) in [5.41, 5.74) is 1.38.